The minimum absolute atomic E-state index is 0.0267. The van der Waals surface area contributed by atoms with Crippen molar-refractivity contribution in [2.24, 2.45) is 5.92 Å². The van der Waals surface area contributed by atoms with Gasteiger partial charge in [-0.3, -0.25) is 9.59 Å². The number of anilines is 1. The summed E-state index contributed by atoms with van der Waals surface area (Å²) >= 11 is 1.69. The van der Waals surface area contributed by atoms with Crippen molar-refractivity contribution in [3.05, 3.63) is 78.4 Å². The van der Waals surface area contributed by atoms with Gasteiger partial charge in [0.25, 0.3) is 0 Å². The topological polar surface area (TPSA) is 77.5 Å². The summed E-state index contributed by atoms with van der Waals surface area (Å²) < 4.78 is 12.2. The molecule has 4 rings (SSSR count). The van der Waals surface area contributed by atoms with Crippen molar-refractivity contribution in [1.29, 1.82) is 0 Å². The van der Waals surface area contributed by atoms with E-state index in [0.29, 0.717) is 37.5 Å². The highest BCUT2D eigenvalue weighted by Crippen LogP contribution is 2.31. The summed E-state index contributed by atoms with van der Waals surface area (Å²) in [7, 11) is 0. The van der Waals surface area contributed by atoms with Crippen LogP contribution in [-0.2, 0) is 9.53 Å². The van der Waals surface area contributed by atoms with Gasteiger partial charge in [0.1, 0.15) is 17.4 Å². The molecule has 0 aliphatic carbocycles. The Morgan fingerprint density at radius 2 is 1.68 bits per heavy atom. The van der Waals surface area contributed by atoms with Gasteiger partial charge < -0.3 is 14.8 Å². The molecule has 0 aliphatic rings. The fourth-order valence-corrected chi connectivity index (χ4v) is 4.98. The van der Waals surface area contributed by atoms with E-state index in [2.05, 4.69) is 25.2 Å². The number of fused-ring (bicyclic) bond motifs is 1. The molecule has 1 heterocycles. The number of benzene rings is 3. The number of carbonyl (C=O) groups is 2. The summed E-state index contributed by atoms with van der Waals surface area (Å²) in [5.41, 5.74) is 3.67. The van der Waals surface area contributed by atoms with E-state index in [-0.39, 0.29) is 24.2 Å². The van der Waals surface area contributed by atoms with Gasteiger partial charge in [0.2, 0.25) is 0 Å². The number of thiazole rings is 1. The van der Waals surface area contributed by atoms with Crippen molar-refractivity contribution >= 4 is 39.0 Å². The van der Waals surface area contributed by atoms with Crippen molar-refractivity contribution in [2.45, 2.75) is 46.1 Å². The van der Waals surface area contributed by atoms with Crippen LogP contribution in [0.4, 0.5) is 5.69 Å². The third-order valence-electron chi connectivity index (χ3n) is 6.28. The molecular weight excluding hydrogens is 496 g/mol. The maximum Gasteiger partial charge on any atom is 0.305 e. The van der Waals surface area contributed by atoms with Gasteiger partial charge in [-0.25, -0.2) is 4.98 Å². The van der Waals surface area contributed by atoms with E-state index in [1.807, 2.05) is 66.7 Å². The van der Waals surface area contributed by atoms with E-state index in [0.717, 1.165) is 27.5 Å². The molecule has 4 aromatic rings. The van der Waals surface area contributed by atoms with Gasteiger partial charge in [0.15, 0.2) is 5.78 Å². The molecule has 0 radical (unpaired) electrons. The maximum absolute atomic E-state index is 12.4. The highest BCUT2D eigenvalue weighted by atomic mass is 32.1. The Labute approximate surface area is 228 Å². The number of Topliss-reactive ketones (excluding diaryl/α,β-unsaturated/α-hetero) is 1. The fraction of sp³-hybridized carbons (Fsp3) is 0.323. The molecule has 1 atom stereocenters. The van der Waals surface area contributed by atoms with Gasteiger partial charge in [-0.15, -0.1) is 11.3 Å². The predicted octanol–water partition coefficient (Wildman–Crippen LogP) is 7.39. The summed E-state index contributed by atoms with van der Waals surface area (Å²) in [5, 5.41) is 4.53. The van der Waals surface area contributed by atoms with Crippen LogP contribution in [0.25, 0.3) is 20.8 Å². The van der Waals surface area contributed by atoms with Gasteiger partial charge in [-0.05, 0) is 79.9 Å². The van der Waals surface area contributed by atoms with Crippen LogP contribution in [0.5, 0.6) is 5.75 Å². The third-order valence-corrected chi connectivity index (χ3v) is 7.36. The minimum Gasteiger partial charge on any atom is -0.491 e. The molecule has 38 heavy (non-hydrogen) atoms. The first-order valence-corrected chi connectivity index (χ1v) is 13.9. The lowest BCUT2D eigenvalue weighted by Crippen LogP contribution is -2.32. The summed E-state index contributed by atoms with van der Waals surface area (Å²) in [6.07, 6.45) is 1.08. The molecule has 0 fully saturated rings. The molecule has 0 spiro atoms. The monoisotopic (exact) mass is 530 g/mol. The SMILES string of the molecule is CCOC(=O)CCCC(=O)c1ccc(N[C@@H](COc2ccc(-c3nc4ccccc4s3)cc2)C(C)C)cc1. The lowest BCUT2D eigenvalue weighted by Gasteiger charge is -2.24. The molecule has 0 unspecified atom stereocenters. The molecule has 0 saturated carbocycles. The molecule has 0 saturated heterocycles. The lowest BCUT2D eigenvalue weighted by atomic mass is 10.0. The number of aromatic nitrogens is 1. The highest BCUT2D eigenvalue weighted by molar-refractivity contribution is 7.21. The van der Waals surface area contributed by atoms with E-state index in [4.69, 9.17) is 14.5 Å². The van der Waals surface area contributed by atoms with Crippen molar-refractivity contribution < 1.29 is 19.1 Å². The standard InChI is InChI=1S/C31H34N2O4S/c1-4-36-30(35)11-7-9-28(34)22-12-16-24(17-13-22)32-27(21(2)3)20-37-25-18-14-23(15-19-25)31-33-26-8-5-6-10-29(26)38-31/h5-6,8,10,12-19,21,27,32H,4,7,9,11,20H2,1-3H3/t27-/m0/s1. The Morgan fingerprint density at radius 1 is 0.947 bits per heavy atom. The minimum atomic E-state index is -0.258. The molecule has 0 amide bonds. The number of hydrogen-bond acceptors (Lipinski definition) is 7. The number of hydrogen-bond donors (Lipinski definition) is 1. The molecule has 1 aromatic heterocycles. The maximum atomic E-state index is 12.4. The number of ether oxygens (including phenoxy) is 2. The van der Waals surface area contributed by atoms with Crippen LogP contribution in [0.1, 0.15) is 50.4 Å². The Bertz CT molecular complexity index is 1310. The van der Waals surface area contributed by atoms with Crippen LogP contribution < -0.4 is 10.1 Å². The fourth-order valence-electron chi connectivity index (χ4n) is 4.01. The first kappa shape index (κ1) is 27.3. The first-order valence-electron chi connectivity index (χ1n) is 13.1. The van der Waals surface area contributed by atoms with Crippen LogP contribution in [0, 0.1) is 5.92 Å². The van der Waals surface area contributed by atoms with Crippen LogP contribution in [0.2, 0.25) is 0 Å². The quantitative estimate of drug-likeness (QED) is 0.143. The smallest absolute Gasteiger partial charge is 0.305 e. The van der Waals surface area contributed by atoms with Gasteiger partial charge in [0.05, 0.1) is 22.9 Å². The van der Waals surface area contributed by atoms with Gasteiger partial charge in [-0.2, -0.15) is 0 Å². The zero-order valence-electron chi connectivity index (χ0n) is 22.1. The number of para-hydroxylation sites is 1. The largest absolute Gasteiger partial charge is 0.491 e. The normalized spacial score (nSPS) is 11.9. The van der Waals surface area contributed by atoms with E-state index < -0.39 is 0 Å². The Balaban J connectivity index is 1.29. The Hall–Kier alpha value is -3.71. The molecule has 6 nitrogen and oxygen atoms in total. The number of nitrogens with one attached hydrogen (secondary N) is 1. The zero-order chi connectivity index (χ0) is 26.9. The second kappa shape index (κ2) is 13.2. The van der Waals surface area contributed by atoms with Crippen molar-refractivity contribution in [1.82, 2.24) is 4.98 Å². The number of esters is 1. The van der Waals surface area contributed by atoms with Gasteiger partial charge in [-0.1, -0.05) is 26.0 Å². The Morgan fingerprint density at radius 3 is 2.37 bits per heavy atom. The summed E-state index contributed by atoms with van der Waals surface area (Å²) in [5.74, 6) is 0.914. The molecule has 198 valence electrons. The van der Waals surface area contributed by atoms with Gasteiger partial charge >= 0.3 is 5.97 Å². The van der Waals surface area contributed by atoms with Crippen molar-refractivity contribution in [3.8, 4) is 16.3 Å². The van der Waals surface area contributed by atoms with E-state index >= 15 is 0 Å². The highest BCUT2D eigenvalue weighted by Gasteiger charge is 2.15. The van der Waals surface area contributed by atoms with Crippen LogP contribution in [0.15, 0.2) is 72.8 Å². The Kier molecular flexibility index (Phi) is 9.49. The second-order valence-electron chi connectivity index (χ2n) is 9.48. The van der Waals surface area contributed by atoms with Crippen LogP contribution in [0.3, 0.4) is 0 Å². The molecule has 7 heteroatoms. The third kappa shape index (κ3) is 7.42. The lowest BCUT2D eigenvalue weighted by molar-refractivity contribution is -0.143. The van der Waals surface area contributed by atoms with Crippen molar-refractivity contribution in [2.75, 3.05) is 18.5 Å². The number of ketones is 1. The molecular formula is C31H34N2O4S. The predicted molar refractivity (Wildman–Crippen MR) is 154 cm³/mol. The molecule has 3 aromatic carbocycles. The summed E-state index contributed by atoms with van der Waals surface area (Å²) in [6, 6.07) is 23.8. The second-order valence-corrected chi connectivity index (χ2v) is 10.5. The number of carbonyl (C=O) groups excluding carboxylic acids is 2. The van der Waals surface area contributed by atoms with Gasteiger partial charge in [0, 0.05) is 29.7 Å². The average Bonchev–Trinajstić information content (AvgIpc) is 3.36. The van der Waals surface area contributed by atoms with E-state index in [1.165, 1.54) is 4.70 Å². The molecule has 1 N–H and O–H groups in total. The summed E-state index contributed by atoms with van der Waals surface area (Å²) in [6.45, 7) is 6.95. The van der Waals surface area contributed by atoms with Crippen molar-refractivity contribution in [3.63, 3.8) is 0 Å². The van der Waals surface area contributed by atoms with Crippen LogP contribution in [-0.4, -0.2) is 36.0 Å². The average molecular weight is 531 g/mol. The number of rotatable bonds is 13. The summed E-state index contributed by atoms with van der Waals surface area (Å²) in [4.78, 5) is 28.6. The first-order chi connectivity index (χ1) is 18.4. The molecule has 0 aliphatic heterocycles. The van der Waals surface area contributed by atoms with Crippen LogP contribution >= 0.6 is 11.3 Å². The zero-order valence-corrected chi connectivity index (χ0v) is 22.9. The molecule has 0 bridgehead atoms. The van der Waals surface area contributed by atoms with E-state index in [1.54, 1.807) is 18.3 Å². The number of nitrogens with zero attached hydrogens (tertiary/aromatic N) is 1. The van der Waals surface area contributed by atoms with E-state index in [9.17, 15) is 9.59 Å².